The number of para-hydroxylation sites is 1. The van der Waals surface area contributed by atoms with Crippen LogP contribution in [0.1, 0.15) is 36.9 Å². The smallest absolute Gasteiger partial charge is 0.374 e. The van der Waals surface area contributed by atoms with E-state index in [4.69, 9.17) is 0 Å². The molecule has 0 aliphatic carbocycles. The third-order valence-electron chi connectivity index (χ3n) is 4.45. The number of aliphatic hydroxyl groups is 1. The fourth-order valence-corrected chi connectivity index (χ4v) is 2.62. The van der Waals surface area contributed by atoms with Crippen molar-refractivity contribution in [3.05, 3.63) is 41.1 Å². The number of aliphatic hydroxyl groups excluding tert-OH is 1. The first-order chi connectivity index (χ1) is 12.8. The fraction of sp³-hybridized carbons (Fsp3) is 0.500. The van der Waals surface area contributed by atoms with E-state index < -0.39 is 35.4 Å². The van der Waals surface area contributed by atoms with Crippen LogP contribution in [0.5, 0.6) is 0 Å². The van der Waals surface area contributed by atoms with E-state index in [-0.39, 0.29) is 23.5 Å². The van der Waals surface area contributed by atoms with Gasteiger partial charge in [0.05, 0.1) is 11.1 Å². The first-order valence-corrected chi connectivity index (χ1v) is 8.52. The highest BCUT2D eigenvalue weighted by Crippen LogP contribution is 2.38. The molecule has 0 fully saturated rings. The van der Waals surface area contributed by atoms with Crippen LogP contribution >= 0.6 is 0 Å². The maximum Gasteiger partial charge on any atom is 0.433 e. The summed E-state index contributed by atoms with van der Waals surface area (Å²) in [6.07, 6.45) is -11.4. The molecule has 1 aromatic heterocycles. The highest BCUT2D eigenvalue weighted by atomic mass is 19.4. The standard InChI is InChI=1S/C18H21F6N3O/c1-10(2)27(3)8-7-25-16(28)12-9-14(18(22,23)24)26-15-11(12)5-4-6-13(15)17(19,20)21/h4-6,9-10,16,25,28H,7-8H2,1-3H3. The number of pyridine rings is 1. The average Bonchev–Trinajstić information content (AvgIpc) is 2.58. The number of halogens is 6. The van der Waals surface area contributed by atoms with E-state index in [1.54, 1.807) is 0 Å². The van der Waals surface area contributed by atoms with Crippen LogP contribution in [-0.4, -0.2) is 41.2 Å². The maximum absolute atomic E-state index is 13.2. The zero-order valence-corrected chi connectivity index (χ0v) is 15.5. The molecule has 0 radical (unpaired) electrons. The van der Waals surface area contributed by atoms with Gasteiger partial charge in [0.2, 0.25) is 0 Å². The number of hydrogen-bond donors (Lipinski definition) is 2. The molecule has 1 aromatic carbocycles. The predicted octanol–water partition coefficient (Wildman–Crippen LogP) is 4.19. The van der Waals surface area contributed by atoms with Crippen LogP contribution in [0.25, 0.3) is 10.9 Å². The van der Waals surface area contributed by atoms with Crippen LogP contribution in [0.2, 0.25) is 0 Å². The number of fused-ring (bicyclic) bond motifs is 1. The Morgan fingerprint density at radius 3 is 2.29 bits per heavy atom. The minimum atomic E-state index is -4.96. The van der Waals surface area contributed by atoms with Gasteiger partial charge in [-0.05, 0) is 33.0 Å². The lowest BCUT2D eigenvalue weighted by Crippen LogP contribution is -2.35. The second-order valence-electron chi connectivity index (χ2n) is 6.72. The largest absolute Gasteiger partial charge is 0.433 e. The first-order valence-electron chi connectivity index (χ1n) is 8.52. The number of nitrogens with one attached hydrogen (secondary N) is 1. The van der Waals surface area contributed by atoms with Gasteiger partial charge in [-0.2, -0.15) is 26.3 Å². The highest BCUT2D eigenvalue weighted by molar-refractivity contribution is 5.86. The van der Waals surface area contributed by atoms with Crippen LogP contribution in [-0.2, 0) is 12.4 Å². The molecular formula is C18H21F6N3O. The number of nitrogens with zero attached hydrogens (tertiary/aromatic N) is 2. The summed E-state index contributed by atoms with van der Waals surface area (Å²) >= 11 is 0. The summed E-state index contributed by atoms with van der Waals surface area (Å²) in [5.74, 6) is 0. The quantitative estimate of drug-likeness (QED) is 0.555. The molecule has 0 saturated carbocycles. The molecule has 28 heavy (non-hydrogen) atoms. The molecule has 4 nitrogen and oxygen atoms in total. The van der Waals surface area contributed by atoms with Gasteiger partial charge in [-0.3, -0.25) is 5.32 Å². The van der Waals surface area contributed by atoms with E-state index in [1.807, 2.05) is 25.8 Å². The molecule has 10 heteroatoms. The molecule has 0 saturated heterocycles. The van der Waals surface area contributed by atoms with Gasteiger partial charge in [-0.15, -0.1) is 0 Å². The van der Waals surface area contributed by atoms with Crippen molar-refractivity contribution in [2.24, 2.45) is 0 Å². The molecule has 2 rings (SSSR count). The SMILES string of the molecule is CC(C)N(C)CCNC(O)c1cc(C(F)(F)F)nc2c(C(F)(F)F)cccc12. The average molecular weight is 409 g/mol. The minimum absolute atomic E-state index is 0.194. The van der Waals surface area contributed by atoms with Crippen LogP contribution in [0, 0.1) is 0 Å². The van der Waals surface area contributed by atoms with Gasteiger partial charge in [-0.25, -0.2) is 4.98 Å². The number of rotatable bonds is 6. The van der Waals surface area contributed by atoms with Crippen molar-refractivity contribution in [1.29, 1.82) is 0 Å². The summed E-state index contributed by atoms with van der Waals surface area (Å²) < 4.78 is 79.3. The molecular weight excluding hydrogens is 388 g/mol. The Kier molecular flexibility index (Phi) is 6.57. The number of benzene rings is 1. The fourth-order valence-electron chi connectivity index (χ4n) is 2.62. The van der Waals surface area contributed by atoms with Gasteiger partial charge in [0, 0.05) is 30.1 Å². The van der Waals surface area contributed by atoms with Crippen molar-refractivity contribution in [1.82, 2.24) is 15.2 Å². The van der Waals surface area contributed by atoms with Crippen LogP contribution in [0.3, 0.4) is 0 Å². The summed E-state index contributed by atoms with van der Waals surface area (Å²) in [7, 11) is 1.83. The molecule has 156 valence electrons. The van der Waals surface area contributed by atoms with E-state index in [2.05, 4.69) is 10.3 Å². The molecule has 0 spiro atoms. The lowest BCUT2D eigenvalue weighted by molar-refractivity contribution is -0.142. The van der Waals surface area contributed by atoms with Crippen molar-refractivity contribution >= 4 is 10.9 Å². The summed E-state index contributed by atoms with van der Waals surface area (Å²) in [4.78, 5) is 5.13. The maximum atomic E-state index is 13.2. The van der Waals surface area contributed by atoms with E-state index in [0.717, 1.165) is 6.07 Å². The number of likely N-dealkylation sites (N-methyl/N-ethyl adjacent to an activating group) is 1. The summed E-state index contributed by atoms with van der Waals surface area (Å²) in [6.45, 7) is 4.60. The Labute approximate surface area is 158 Å². The number of aromatic nitrogens is 1. The first kappa shape index (κ1) is 22.4. The molecule has 1 unspecified atom stereocenters. The Morgan fingerprint density at radius 2 is 1.75 bits per heavy atom. The normalized spacial score (nSPS) is 14.3. The Bertz CT molecular complexity index is 819. The molecule has 0 aliphatic heterocycles. The van der Waals surface area contributed by atoms with Crippen molar-refractivity contribution in [3.63, 3.8) is 0 Å². The zero-order chi connectivity index (χ0) is 21.3. The van der Waals surface area contributed by atoms with Gasteiger partial charge in [0.15, 0.2) is 0 Å². The summed E-state index contributed by atoms with van der Waals surface area (Å²) in [6, 6.07) is 3.73. The van der Waals surface area contributed by atoms with Crippen LogP contribution in [0.15, 0.2) is 24.3 Å². The van der Waals surface area contributed by atoms with Crippen LogP contribution < -0.4 is 5.32 Å². The van der Waals surface area contributed by atoms with Crippen molar-refractivity contribution in [2.45, 2.75) is 38.5 Å². The second kappa shape index (κ2) is 8.22. The van der Waals surface area contributed by atoms with Gasteiger partial charge in [-0.1, -0.05) is 12.1 Å². The van der Waals surface area contributed by atoms with Crippen LogP contribution in [0.4, 0.5) is 26.3 Å². The molecule has 0 bridgehead atoms. The van der Waals surface area contributed by atoms with Crippen molar-refractivity contribution in [2.75, 3.05) is 20.1 Å². The molecule has 2 N–H and O–H groups in total. The molecule has 1 heterocycles. The predicted molar refractivity (Wildman–Crippen MR) is 92.5 cm³/mol. The van der Waals surface area contributed by atoms with Gasteiger partial charge in [0.1, 0.15) is 11.9 Å². The Morgan fingerprint density at radius 1 is 1.11 bits per heavy atom. The van der Waals surface area contributed by atoms with Crippen molar-refractivity contribution < 1.29 is 31.4 Å². The molecule has 1 atom stereocenters. The topological polar surface area (TPSA) is 48.4 Å². The third-order valence-corrected chi connectivity index (χ3v) is 4.45. The number of alkyl halides is 6. The Balaban J connectivity index is 2.49. The molecule has 0 amide bonds. The summed E-state index contributed by atoms with van der Waals surface area (Å²) in [5.41, 5.74) is -3.94. The Hall–Kier alpha value is -1.91. The van der Waals surface area contributed by atoms with E-state index in [0.29, 0.717) is 18.7 Å². The minimum Gasteiger partial charge on any atom is -0.374 e. The van der Waals surface area contributed by atoms with Crippen molar-refractivity contribution in [3.8, 4) is 0 Å². The monoisotopic (exact) mass is 409 g/mol. The second-order valence-corrected chi connectivity index (χ2v) is 6.72. The highest BCUT2D eigenvalue weighted by Gasteiger charge is 2.37. The lowest BCUT2D eigenvalue weighted by Gasteiger charge is -2.23. The van der Waals surface area contributed by atoms with E-state index >= 15 is 0 Å². The van der Waals surface area contributed by atoms with E-state index in [9.17, 15) is 31.4 Å². The molecule has 2 aromatic rings. The van der Waals surface area contributed by atoms with E-state index in [1.165, 1.54) is 6.07 Å². The lowest BCUT2D eigenvalue weighted by atomic mass is 10.0. The van der Waals surface area contributed by atoms with Gasteiger partial charge in [0.25, 0.3) is 0 Å². The van der Waals surface area contributed by atoms with Gasteiger partial charge < -0.3 is 10.0 Å². The zero-order valence-electron chi connectivity index (χ0n) is 15.5. The number of hydrogen-bond acceptors (Lipinski definition) is 4. The van der Waals surface area contributed by atoms with Gasteiger partial charge >= 0.3 is 12.4 Å². The summed E-state index contributed by atoms with van der Waals surface area (Å²) in [5, 5.41) is 12.8. The third kappa shape index (κ3) is 5.12. The molecule has 0 aliphatic rings.